The lowest BCUT2D eigenvalue weighted by molar-refractivity contribution is 0.566. The molecule has 2 aromatic rings. The minimum Gasteiger partial charge on any atom is -0.472 e. The molecular formula is C9H11N3O. The smallest absolute Gasteiger partial charge is 0.1000 e. The van der Waals surface area contributed by atoms with Gasteiger partial charge in [0.1, 0.15) is 0 Å². The maximum absolute atomic E-state index is 5.78. The molecule has 0 radical (unpaired) electrons. The van der Waals surface area contributed by atoms with Gasteiger partial charge < -0.3 is 10.2 Å². The summed E-state index contributed by atoms with van der Waals surface area (Å²) in [6, 6.07) is 0. The fourth-order valence-electron chi connectivity index (χ4n) is 1.39. The molecule has 4 nitrogen and oxygen atoms in total. The van der Waals surface area contributed by atoms with Crippen molar-refractivity contribution in [3.8, 4) is 11.3 Å². The van der Waals surface area contributed by atoms with Crippen molar-refractivity contribution < 1.29 is 4.42 Å². The van der Waals surface area contributed by atoms with Gasteiger partial charge in [-0.3, -0.25) is 4.68 Å². The van der Waals surface area contributed by atoms with E-state index in [0.717, 1.165) is 16.8 Å². The zero-order valence-electron chi connectivity index (χ0n) is 7.61. The third-order valence-electron chi connectivity index (χ3n) is 2.08. The molecule has 0 fully saturated rings. The van der Waals surface area contributed by atoms with Gasteiger partial charge in [0.15, 0.2) is 0 Å². The maximum Gasteiger partial charge on any atom is 0.1000 e. The number of anilines is 1. The Bertz CT molecular complexity index is 408. The molecule has 2 rings (SSSR count). The van der Waals surface area contributed by atoms with Crippen molar-refractivity contribution in [2.45, 2.75) is 6.92 Å². The van der Waals surface area contributed by atoms with Crippen molar-refractivity contribution in [3.63, 3.8) is 0 Å². The highest BCUT2D eigenvalue weighted by atomic mass is 16.3. The molecule has 0 spiro atoms. The molecule has 13 heavy (non-hydrogen) atoms. The number of nitrogens with zero attached hydrogens (tertiary/aromatic N) is 2. The number of aryl methyl sites for hydroxylation is 2. The molecule has 0 atom stereocenters. The Labute approximate surface area is 76.0 Å². The van der Waals surface area contributed by atoms with E-state index in [9.17, 15) is 0 Å². The number of rotatable bonds is 1. The van der Waals surface area contributed by atoms with Crippen LogP contribution in [0.2, 0.25) is 0 Å². The second-order valence-electron chi connectivity index (χ2n) is 3.04. The van der Waals surface area contributed by atoms with Crippen molar-refractivity contribution in [3.05, 3.63) is 24.3 Å². The van der Waals surface area contributed by atoms with Gasteiger partial charge in [0.2, 0.25) is 0 Å². The van der Waals surface area contributed by atoms with Crippen LogP contribution in [0, 0.1) is 6.92 Å². The maximum atomic E-state index is 5.78. The zero-order chi connectivity index (χ0) is 9.42. The molecule has 0 aliphatic rings. The van der Waals surface area contributed by atoms with Gasteiger partial charge in [0, 0.05) is 12.6 Å². The molecule has 0 saturated heterocycles. The van der Waals surface area contributed by atoms with Crippen LogP contribution in [-0.2, 0) is 7.05 Å². The fourth-order valence-corrected chi connectivity index (χ4v) is 1.39. The van der Waals surface area contributed by atoms with E-state index in [1.807, 2.05) is 14.0 Å². The van der Waals surface area contributed by atoms with Crippen LogP contribution in [-0.4, -0.2) is 9.78 Å². The van der Waals surface area contributed by atoms with E-state index in [1.54, 1.807) is 23.4 Å². The molecule has 2 heterocycles. The molecule has 0 bridgehead atoms. The molecule has 0 unspecified atom stereocenters. The van der Waals surface area contributed by atoms with Gasteiger partial charge in [-0.2, -0.15) is 5.10 Å². The first-order chi connectivity index (χ1) is 6.20. The average molecular weight is 177 g/mol. The van der Waals surface area contributed by atoms with E-state index >= 15 is 0 Å². The quantitative estimate of drug-likeness (QED) is 0.719. The molecule has 68 valence electrons. The highest BCUT2D eigenvalue weighted by molar-refractivity contribution is 5.73. The van der Waals surface area contributed by atoms with Gasteiger partial charge in [-0.15, -0.1) is 0 Å². The van der Waals surface area contributed by atoms with Gasteiger partial charge in [-0.05, 0) is 12.5 Å². The third-order valence-corrected chi connectivity index (χ3v) is 2.08. The molecule has 2 N–H and O–H groups in total. The van der Waals surface area contributed by atoms with E-state index < -0.39 is 0 Å². The Hall–Kier alpha value is -1.71. The minimum absolute atomic E-state index is 0.673. The van der Waals surface area contributed by atoms with Gasteiger partial charge in [0.25, 0.3) is 0 Å². The van der Waals surface area contributed by atoms with Crippen molar-refractivity contribution in [1.82, 2.24) is 9.78 Å². The Kier molecular flexibility index (Phi) is 1.62. The number of hydrogen-bond acceptors (Lipinski definition) is 3. The Balaban J connectivity index is 2.64. The van der Waals surface area contributed by atoms with E-state index in [-0.39, 0.29) is 0 Å². The number of nitrogen functional groups attached to an aromatic ring is 1. The van der Waals surface area contributed by atoms with E-state index in [1.165, 1.54) is 0 Å². The molecule has 0 aliphatic heterocycles. The first-order valence-corrected chi connectivity index (χ1v) is 4.01. The second kappa shape index (κ2) is 2.65. The Morgan fingerprint density at radius 3 is 2.69 bits per heavy atom. The van der Waals surface area contributed by atoms with Gasteiger partial charge in [-0.25, -0.2) is 0 Å². The van der Waals surface area contributed by atoms with Crippen molar-refractivity contribution >= 4 is 5.69 Å². The van der Waals surface area contributed by atoms with E-state index in [2.05, 4.69) is 5.10 Å². The number of furan rings is 1. The van der Waals surface area contributed by atoms with Crippen molar-refractivity contribution in [2.75, 3.05) is 5.73 Å². The topological polar surface area (TPSA) is 57.0 Å². The van der Waals surface area contributed by atoms with Gasteiger partial charge in [-0.1, -0.05) is 0 Å². The first-order valence-electron chi connectivity index (χ1n) is 4.01. The summed E-state index contributed by atoms with van der Waals surface area (Å²) in [5.74, 6) is 0. The zero-order valence-corrected chi connectivity index (χ0v) is 7.61. The van der Waals surface area contributed by atoms with Crippen LogP contribution in [0.4, 0.5) is 5.69 Å². The molecule has 0 amide bonds. The summed E-state index contributed by atoms with van der Waals surface area (Å²) >= 11 is 0. The summed E-state index contributed by atoms with van der Waals surface area (Å²) < 4.78 is 6.83. The van der Waals surface area contributed by atoms with Crippen LogP contribution in [0.25, 0.3) is 11.3 Å². The summed E-state index contributed by atoms with van der Waals surface area (Å²) in [5, 5.41) is 4.06. The Morgan fingerprint density at radius 1 is 1.46 bits per heavy atom. The number of nitrogens with two attached hydrogens (primary N) is 1. The summed E-state index contributed by atoms with van der Waals surface area (Å²) in [4.78, 5) is 0. The molecule has 4 heteroatoms. The monoisotopic (exact) mass is 177 g/mol. The van der Waals surface area contributed by atoms with Crippen LogP contribution >= 0.6 is 0 Å². The van der Waals surface area contributed by atoms with Gasteiger partial charge >= 0.3 is 0 Å². The second-order valence-corrected chi connectivity index (χ2v) is 3.04. The summed E-state index contributed by atoms with van der Waals surface area (Å²) in [6.45, 7) is 1.98. The lowest BCUT2D eigenvalue weighted by Crippen LogP contribution is -1.95. The van der Waals surface area contributed by atoms with Crippen LogP contribution in [0.15, 0.2) is 23.1 Å². The molecule has 0 aliphatic carbocycles. The lowest BCUT2D eigenvalue weighted by atomic mass is 10.1. The SMILES string of the molecule is Cc1cocc1-c1c(N)cnn1C. The van der Waals surface area contributed by atoms with Crippen LogP contribution in [0.1, 0.15) is 5.56 Å². The molecule has 0 saturated carbocycles. The Morgan fingerprint density at radius 2 is 2.23 bits per heavy atom. The lowest BCUT2D eigenvalue weighted by Gasteiger charge is -2.00. The average Bonchev–Trinajstić information content (AvgIpc) is 2.60. The summed E-state index contributed by atoms with van der Waals surface area (Å²) in [5.41, 5.74) is 9.42. The summed E-state index contributed by atoms with van der Waals surface area (Å²) in [7, 11) is 1.86. The highest BCUT2D eigenvalue weighted by Gasteiger charge is 2.11. The van der Waals surface area contributed by atoms with E-state index in [0.29, 0.717) is 5.69 Å². The number of hydrogen-bond donors (Lipinski definition) is 1. The number of aromatic nitrogens is 2. The van der Waals surface area contributed by atoms with Crippen molar-refractivity contribution in [2.24, 2.45) is 7.05 Å². The van der Waals surface area contributed by atoms with Crippen LogP contribution in [0.3, 0.4) is 0 Å². The first kappa shape index (κ1) is 7.91. The minimum atomic E-state index is 0.673. The standard InChI is InChI=1S/C9H11N3O/c1-6-4-13-5-7(6)9-8(10)3-11-12(9)2/h3-5H,10H2,1-2H3. The summed E-state index contributed by atoms with van der Waals surface area (Å²) in [6.07, 6.45) is 5.02. The van der Waals surface area contributed by atoms with Crippen LogP contribution < -0.4 is 5.73 Å². The predicted molar refractivity (Wildman–Crippen MR) is 50.1 cm³/mol. The van der Waals surface area contributed by atoms with Gasteiger partial charge in [0.05, 0.1) is 30.1 Å². The largest absolute Gasteiger partial charge is 0.472 e. The molecular weight excluding hydrogens is 166 g/mol. The highest BCUT2D eigenvalue weighted by Crippen LogP contribution is 2.28. The van der Waals surface area contributed by atoms with E-state index in [4.69, 9.17) is 10.2 Å². The fraction of sp³-hybridized carbons (Fsp3) is 0.222. The normalized spacial score (nSPS) is 10.6. The third kappa shape index (κ3) is 1.11. The molecule has 0 aromatic carbocycles. The predicted octanol–water partition coefficient (Wildman–Crippen LogP) is 1.57. The van der Waals surface area contributed by atoms with Crippen LogP contribution in [0.5, 0.6) is 0 Å². The van der Waals surface area contributed by atoms with Crippen molar-refractivity contribution in [1.29, 1.82) is 0 Å². The molecule has 2 aromatic heterocycles.